The Morgan fingerprint density at radius 1 is 1.05 bits per heavy atom. The predicted molar refractivity (Wildman–Crippen MR) is 82.2 cm³/mol. The number of carbonyl (C=O) groups excluding carboxylic acids is 2. The number of nitrogens with one attached hydrogen (secondary N) is 1. The van der Waals surface area contributed by atoms with Gasteiger partial charge < -0.3 is 10.1 Å². The number of carbonyl (C=O) groups is 2. The Morgan fingerprint density at radius 2 is 1.71 bits per heavy atom. The van der Waals surface area contributed by atoms with Crippen molar-refractivity contribution >= 4 is 40.8 Å². The van der Waals surface area contributed by atoms with Crippen molar-refractivity contribution in [2.45, 2.75) is 0 Å². The van der Waals surface area contributed by atoms with Crippen molar-refractivity contribution in [1.29, 1.82) is 0 Å². The van der Waals surface area contributed by atoms with Crippen LogP contribution in [0.2, 0.25) is 10.0 Å². The van der Waals surface area contributed by atoms with Crippen molar-refractivity contribution in [3.63, 3.8) is 0 Å². The third kappa shape index (κ3) is 3.54. The average Bonchev–Trinajstić information content (AvgIpc) is 2.50. The third-order valence-corrected chi connectivity index (χ3v) is 3.32. The maximum Gasteiger partial charge on any atom is 0.338 e. The van der Waals surface area contributed by atoms with E-state index in [-0.39, 0.29) is 11.1 Å². The van der Waals surface area contributed by atoms with E-state index in [1.807, 2.05) is 0 Å². The summed E-state index contributed by atoms with van der Waals surface area (Å²) in [5, 5.41) is 3.41. The first kappa shape index (κ1) is 15.4. The number of ether oxygens (including phenoxy) is 1. The Morgan fingerprint density at radius 3 is 2.38 bits per heavy atom. The van der Waals surface area contributed by atoms with Crippen LogP contribution in [0.4, 0.5) is 5.69 Å². The Kier molecular flexibility index (Phi) is 4.83. The van der Waals surface area contributed by atoms with Crippen LogP contribution in [0.3, 0.4) is 0 Å². The van der Waals surface area contributed by atoms with Gasteiger partial charge in [0.15, 0.2) is 0 Å². The van der Waals surface area contributed by atoms with Crippen LogP contribution >= 0.6 is 23.2 Å². The lowest BCUT2D eigenvalue weighted by atomic mass is 10.1. The molecule has 108 valence electrons. The molecule has 0 spiro atoms. The van der Waals surface area contributed by atoms with Gasteiger partial charge >= 0.3 is 5.97 Å². The molecule has 4 nitrogen and oxygen atoms in total. The minimum absolute atomic E-state index is 0.177. The lowest BCUT2D eigenvalue weighted by Crippen LogP contribution is -2.17. The normalized spacial score (nSPS) is 10.0. The summed E-state index contributed by atoms with van der Waals surface area (Å²) in [5.41, 5.74) is 0.741. The van der Waals surface area contributed by atoms with Crippen molar-refractivity contribution in [3.05, 3.63) is 63.6 Å². The van der Waals surface area contributed by atoms with Gasteiger partial charge in [-0.3, -0.25) is 4.79 Å². The highest BCUT2D eigenvalue weighted by atomic mass is 35.5. The van der Waals surface area contributed by atoms with Crippen LogP contribution in [-0.2, 0) is 4.74 Å². The third-order valence-electron chi connectivity index (χ3n) is 2.75. The Labute approximate surface area is 131 Å². The summed E-state index contributed by atoms with van der Waals surface area (Å²) in [5.74, 6) is -1.06. The second-order valence-electron chi connectivity index (χ2n) is 4.12. The number of amides is 1. The molecule has 0 aliphatic rings. The number of anilines is 1. The van der Waals surface area contributed by atoms with Crippen molar-refractivity contribution in [2.24, 2.45) is 0 Å². The van der Waals surface area contributed by atoms with E-state index in [9.17, 15) is 9.59 Å². The van der Waals surface area contributed by atoms with E-state index in [1.54, 1.807) is 24.3 Å². The lowest BCUT2D eigenvalue weighted by molar-refractivity contribution is 0.0597. The molecule has 0 saturated carbocycles. The molecule has 0 unspecified atom stereocenters. The SMILES string of the molecule is COC(=O)c1ccccc1C(=O)Nc1cc(Cl)ccc1Cl. The molecule has 2 aromatic rings. The van der Waals surface area contributed by atoms with E-state index in [1.165, 1.54) is 25.3 Å². The first-order valence-corrected chi connectivity index (χ1v) is 6.72. The molecule has 0 atom stereocenters. The molecule has 21 heavy (non-hydrogen) atoms. The van der Waals surface area contributed by atoms with Crippen LogP contribution < -0.4 is 5.32 Å². The van der Waals surface area contributed by atoms with E-state index in [2.05, 4.69) is 10.1 Å². The van der Waals surface area contributed by atoms with Crippen LogP contribution in [0.15, 0.2) is 42.5 Å². The van der Waals surface area contributed by atoms with Crippen molar-refractivity contribution in [3.8, 4) is 0 Å². The quantitative estimate of drug-likeness (QED) is 0.867. The highest BCUT2D eigenvalue weighted by Crippen LogP contribution is 2.26. The Balaban J connectivity index is 2.33. The molecule has 0 bridgehead atoms. The van der Waals surface area contributed by atoms with Gasteiger partial charge in [-0.1, -0.05) is 35.3 Å². The molecule has 0 saturated heterocycles. The molecule has 0 radical (unpaired) electrons. The lowest BCUT2D eigenvalue weighted by Gasteiger charge is -2.10. The van der Waals surface area contributed by atoms with E-state index < -0.39 is 11.9 Å². The summed E-state index contributed by atoms with van der Waals surface area (Å²) in [6, 6.07) is 11.1. The first-order valence-electron chi connectivity index (χ1n) is 5.96. The highest BCUT2D eigenvalue weighted by molar-refractivity contribution is 6.36. The first-order chi connectivity index (χ1) is 10.0. The fourth-order valence-electron chi connectivity index (χ4n) is 1.75. The molecular weight excluding hydrogens is 313 g/mol. The second kappa shape index (κ2) is 6.61. The molecule has 1 amide bonds. The van der Waals surface area contributed by atoms with Gasteiger partial charge in [0.25, 0.3) is 5.91 Å². The molecule has 0 heterocycles. The summed E-state index contributed by atoms with van der Waals surface area (Å²) >= 11 is 11.9. The topological polar surface area (TPSA) is 55.4 Å². The van der Waals surface area contributed by atoms with Crippen LogP contribution in [0.25, 0.3) is 0 Å². The number of rotatable bonds is 3. The average molecular weight is 324 g/mol. The standard InChI is InChI=1S/C15H11Cl2NO3/c1-21-15(20)11-5-3-2-4-10(11)14(19)18-13-8-9(16)6-7-12(13)17/h2-8H,1H3,(H,18,19). The Hall–Kier alpha value is -2.04. The molecule has 2 rings (SSSR count). The van der Waals surface area contributed by atoms with Gasteiger partial charge in [-0.25, -0.2) is 4.79 Å². The van der Waals surface area contributed by atoms with E-state index in [0.717, 1.165) is 0 Å². The Bertz CT molecular complexity index is 701. The van der Waals surface area contributed by atoms with Gasteiger partial charge in [-0.2, -0.15) is 0 Å². The maximum atomic E-state index is 12.3. The molecule has 1 N–H and O–H groups in total. The minimum atomic E-state index is -0.585. The monoisotopic (exact) mass is 323 g/mol. The van der Waals surface area contributed by atoms with Gasteiger partial charge in [0.2, 0.25) is 0 Å². The van der Waals surface area contributed by atoms with Crippen LogP contribution in [0.1, 0.15) is 20.7 Å². The predicted octanol–water partition coefficient (Wildman–Crippen LogP) is 4.03. The second-order valence-corrected chi connectivity index (χ2v) is 4.96. The van der Waals surface area contributed by atoms with Gasteiger partial charge in [0.05, 0.1) is 28.9 Å². The van der Waals surface area contributed by atoms with Crippen LogP contribution in [0.5, 0.6) is 0 Å². The smallest absolute Gasteiger partial charge is 0.338 e. The molecule has 2 aromatic carbocycles. The van der Waals surface area contributed by atoms with Crippen molar-refractivity contribution < 1.29 is 14.3 Å². The van der Waals surface area contributed by atoms with Gasteiger partial charge in [-0.05, 0) is 30.3 Å². The number of benzene rings is 2. The van der Waals surface area contributed by atoms with E-state index in [0.29, 0.717) is 15.7 Å². The van der Waals surface area contributed by atoms with Gasteiger partial charge in [-0.15, -0.1) is 0 Å². The largest absolute Gasteiger partial charge is 0.465 e. The summed E-state index contributed by atoms with van der Waals surface area (Å²) < 4.78 is 4.65. The van der Waals surface area contributed by atoms with Gasteiger partial charge in [0, 0.05) is 5.02 Å². The van der Waals surface area contributed by atoms with Crippen LogP contribution in [0, 0.1) is 0 Å². The van der Waals surface area contributed by atoms with E-state index in [4.69, 9.17) is 23.2 Å². The summed E-state index contributed by atoms with van der Waals surface area (Å²) in [4.78, 5) is 24.0. The van der Waals surface area contributed by atoms with E-state index >= 15 is 0 Å². The highest BCUT2D eigenvalue weighted by Gasteiger charge is 2.17. The number of hydrogen-bond donors (Lipinski definition) is 1. The van der Waals surface area contributed by atoms with Crippen LogP contribution in [-0.4, -0.2) is 19.0 Å². The fourth-order valence-corrected chi connectivity index (χ4v) is 2.09. The number of halogens is 2. The summed E-state index contributed by atoms with van der Waals surface area (Å²) in [6.45, 7) is 0. The number of methoxy groups -OCH3 is 1. The molecule has 0 aromatic heterocycles. The molecule has 0 aliphatic heterocycles. The summed E-state index contributed by atoms with van der Waals surface area (Å²) in [6.07, 6.45) is 0. The fraction of sp³-hybridized carbons (Fsp3) is 0.0667. The molecule has 0 aliphatic carbocycles. The van der Waals surface area contributed by atoms with Crippen molar-refractivity contribution in [1.82, 2.24) is 0 Å². The minimum Gasteiger partial charge on any atom is -0.465 e. The number of esters is 1. The van der Waals surface area contributed by atoms with Gasteiger partial charge in [0.1, 0.15) is 0 Å². The molecule has 6 heteroatoms. The molecular formula is C15H11Cl2NO3. The maximum absolute atomic E-state index is 12.3. The van der Waals surface area contributed by atoms with Crippen molar-refractivity contribution in [2.75, 3.05) is 12.4 Å². The molecule has 0 fully saturated rings. The summed E-state index contributed by atoms with van der Waals surface area (Å²) in [7, 11) is 1.25. The zero-order chi connectivity index (χ0) is 15.4. The number of hydrogen-bond acceptors (Lipinski definition) is 3. The zero-order valence-electron chi connectivity index (χ0n) is 11.0. The zero-order valence-corrected chi connectivity index (χ0v) is 12.5.